The monoisotopic (exact) mass is 352 g/mol. The van der Waals surface area contributed by atoms with Crippen molar-refractivity contribution < 1.29 is 4.79 Å². The van der Waals surface area contributed by atoms with Crippen LogP contribution in [-0.2, 0) is 6.54 Å². The normalized spacial score (nSPS) is 15.0. The first-order chi connectivity index (χ1) is 12.6. The Morgan fingerprint density at radius 1 is 1.00 bits per heavy atom. The van der Waals surface area contributed by atoms with Crippen LogP contribution in [0.25, 0.3) is 0 Å². The van der Waals surface area contributed by atoms with Gasteiger partial charge in [-0.15, -0.1) is 10.2 Å². The Morgan fingerprint density at radius 3 is 2.27 bits per heavy atom. The molecule has 5 heteroatoms. The minimum atomic E-state index is 0.00473. The molecule has 3 rings (SSSR count). The van der Waals surface area contributed by atoms with Crippen molar-refractivity contribution in [2.24, 2.45) is 0 Å². The number of anilines is 1. The van der Waals surface area contributed by atoms with Crippen molar-refractivity contribution in [3.63, 3.8) is 0 Å². The Balaban J connectivity index is 1.73. The van der Waals surface area contributed by atoms with Gasteiger partial charge in [0.05, 0.1) is 0 Å². The Morgan fingerprint density at radius 2 is 1.69 bits per heavy atom. The van der Waals surface area contributed by atoms with Crippen LogP contribution in [0.15, 0.2) is 42.5 Å². The van der Waals surface area contributed by atoms with E-state index < -0.39 is 0 Å². The van der Waals surface area contributed by atoms with Gasteiger partial charge in [0, 0.05) is 25.7 Å². The number of amides is 1. The lowest BCUT2D eigenvalue weighted by molar-refractivity contribution is 0.0754. The third-order valence-electron chi connectivity index (χ3n) is 4.88. The van der Waals surface area contributed by atoms with Crippen LogP contribution in [0.5, 0.6) is 0 Å². The van der Waals surface area contributed by atoms with Crippen molar-refractivity contribution in [3.8, 4) is 0 Å². The molecule has 1 aromatic heterocycles. The Kier molecular flexibility index (Phi) is 6.21. The molecule has 2 aromatic rings. The summed E-state index contributed by atoms with van der Waals surface area (Å²) < 4.78 is 0. The van der Waals surface area contributed by atoms with Crippen molar-refractivity contribution in [1.29, 1.82) is 0 Å². The average molecular weight is 352 g/mol. The summed E-state index contributed by atoms with van der Waals surface area (Å²) in [5.41, 5.74) is 1.67. The molecule has 1 fully saturated rings. The van der Waals surface area contributed by atoms with Crippen LogP contribution in [0.4, 0.5) is 5.82 Å². The van der Waals surface area contributed by atoms with Crippen molar-refractivity contribution in [1.82, 2.24) is 15.1 Å². The third kappa shape index (κ3) is 4.59. The van der Waals surface area contributed by atoms with Crippen molar-refractivity contribution in [2.75, 3.05) is 18.0 Å². The van der Waals surface area contributed by atoms with Gasteiger partial charge in [0.1, 0.15) is 0 Å². The van der Waals surface area contributed by atoms with Crippen molar-refractivity contribution in [3.05, 3.63) is 53.7 Å². The first-order valence-electron chi connectivity index (χ1n) is 9.59. The van der Waals surface area contributed by atoms with Gasteiger partial charge in [-0.25, -0.2) is 0 Å². The molecular weight excluding hydrogens is 324 g/mol. The number of nitrogens with zero attached hydrogens (tertiary/aromatic N) is 4. The summed E-state index contributed by atoms with van der Waals surface area (Å²) in [4.78, 5) is 16.8. The number of hydrogen-bond acceptors (Lipinski definition) is 4. The van der Waals surface area contributed by atoms with Gasteiger partial charge in [0.25, 0.3) is 5.91 Å². The van der Waals surface area contributed by atoms with E-state index in [0.717, 1.165) is 38.3 Å². The molecule has 26 heavy (non-hydrogen) atoms. The van der Waals surface area contributed by atoms with Gasteiger partial charge in [0.2, 0.25) is 0 Å². The quantitative estimate of drug-likeness (QED) is 0.819. The number of rotatable bonds is 5. The maximum Gasteiger partial charge on any atom is 0.274 e. The van der Waals surface area contributed by atoms with Crippen molar-refractivity contribution >= 4 is 11.7 Å². The predicted molar refractivity (Wildman–Crippen MR) is 104 cm³/mol. The standard InChI is InChI=1S/C21H28N4O/c1-17(2)25(16-18-10-6-5-7-11-18)20-13-12-19(22-23-20)21(26)24-14-8-3-4-9-15-24/h5-7,10-13,17H,3-4,8-9,14-16H2,1-2H3. The predicted octanol–water partition coefficient (Wildman–Crippen LogP) is 3.91. The van der Waals surface area contributed by atoms with Gasteiger partial charge in [-0.05, 0) is 44.4 Å². The fraction of sp³-hybridized carbons (Fsp3) is 0.476. The van der Waals surface area contributed by atoms with Crippen LogP contribution in [0.3, 0.4) is 0 Å². The van der Waals surface area contributed by atoms with E-state index in [1.807, 2.05) is 35.2 Å². The summed E-state index contributed by atoms with van der Waals surface area (Å²) in [5.74, 6) is 0.807. The fourth-order valence-electron chi connectivity index (χ4n) is 3.34. The average Bonchev–Trinajstić information content (AvgIpc) is 2.96. The van der Waals surface area contributed by atoms with Gasteiger partial charge in [-0.3, -0.25) is 4.79 Å². The van der Waals surface area contributed by atoms with E-state index in [1.54, 1.807) is 0 Å². The molecule has 5 nitrogen and oxygen atoms in total. The molecule has 1 aliphatic rings. The van der Waals surface area contributed by atoms with E-state index in [4.69, 9.17) is 0 Å². The van der Waals surface area contributed by atoms with Gasteiger partial charge >= 0.3 is 0 Å². The second kappa shape index (κ2) is 8.79. The summed E-state index contributed by atoms with van der Waals surface area (Å²) in [7, 11) is 0. The van der Waals surface area contributed by atoms with E-state index in [2.05, 4.69) is 41.1 Å². The summed E-state index contributed by atoms with van der Waals surface area (Å²) in [6.45, 7) is 6.71. The minimum absolute atomic E-state index is 0.00473. The fourth-order valence-corrected chi connectivity index (χ4v) is 3.34. The van der Waals surface area contributed by atoms with E-state index in [-0.39, 0.29) is 11.9 Å². The van der Waals surface area contributed by atoms with Crippen LogP contribution < -0.4 is 4.90 Å². The number of hydrogen-bond donors (Lipinski definition) is 0. The van der Waals surface area contributed by atoms with E-state index in [0.29, 0.717) is 5.69 Å². The van der Waals surface area contributed by atoms with Crippen LogP contribution in [0.2, 0.25) is 0 Å². The summed E-state index contributed by atoms with van der Waals surface area (Å²) >= 11 is 0. The molecule has 0 atom stereocenters. The number of carbonyl (C=O) groups excluding carboxylic acids is 1. The second-order valence-electron chi connectivity index (χ2n) is 7.19. The molecule has 0 unspecified atom stereocenters. The SMILES string of the molecule is CC(C)N(Cc1ccccc1)c1ccc(C(=O)N2CCCCCC2)nn1. The highest BCUT2D eigenvalue weighted by Crippen LogP contribution is 2.18. The van der Waals surface area contributed by atoms with Crippen LogP contribution >= 0.6 is 0 Å². The van der Waals surface area contributed by atoms with Gasteiger partial charge in [0.15, 0.2) is 11.5 Å². The van der Waals surface area contributed by atoms with E-state index in [9.17, 15) is 4.79 Å². The Bertz CT molecular complexity index is 692. The zero-order chi connectivity index (χ0) is 18.4. The largest absolute Gasteiger partial charge is 0.348 e. The minimum Gasteiger partial charge on any atom is -0.348 e. The number of likely N-dealkylation sites (tertiary alicyclic amines) is 1. The summed E-state index contributed by atoms with van der Waals surface area (Å²) in [5, 5.41) is 8.61. The maximum absolute atomic E-state index is 12.7. The number of benzene rings is 1. The molecule has 138 valence electrons. The van der Waals surface area contributed by atoms with Crippen LogP contribution in [-0.4, -0.2) is 40.1 Å². The maximum atomic E-state index is 12.7. The zero-order valence-corrected chi connectivity index (χ0v) is 15.8. The first-order valence-corrected chi connectivity index (χ1v) is 9.59. The molecule has 2 heterocycles. The van der Waals surface area contributed by atoms with E-state index >= 15 is 0 Å². The molecule has 1 aromatic carbocycles. The third-order valence-corrected chi connectivity index (χ3v) is 4.88. The van der Waals surface area contributed by atoms with Gasteiger partial charge < -0.3 is 9.80 Å². The molecular formula is C21H28N4O. The molecule has 0 saturated carbocycles. The molecule has 1 amide bonds. The molecule has 0 N–H and O–H groups in total. The summed E-state index contributed by atoms with van der Waals surface area (Å²) in [6.07, 6.45) is 4.57. The highest BCUT2D eigenvalue weighted by Gasteiger charge is 2.20. The summed E-state index contributed by atoms with van der Waals surface area (Å²) in [6, 6.07) is 14.4. The second-order valence-corrected chi connectivity index (χ2v) is 7.19. The van der Waals surface area contributed by atoms with Crippen LogP contribution in [0, 0.1) is 0 Å². The Labute approximate surface area is 156 Å². The van der Waals surface area contributed by atoms with E-state index in [1.165, 1.54) is 18.4 Å². The topological polar surface area (TPSA) is 49.3 Å². The van der Waals surface area contributed by atoms with Gasteiger partial charge in [-0.2, -0.15) is 0 Å². The lowest BCUT2D eigenvalue weighted by Crippen LogP contribution is -2.33. The smallest absolute Gasteiger partial charge is 0.274 e. The highest BCUT2D eigenvalue weighted by atomic mass is 16.2. The molecule has 0 aliphatic carbocycles. The lowest BCUT2D eigenvalue weighted by atomic mass is 10.2. The molecule has 1 aliphatic heterocycles. The number of aromatic nitrogens is 2. The van der Waals surface area contributed by atoms with Crippen molar-refractivity contribution in [2.45, 2.75) is 52.1 Å². The lowest BCUT2D eigenvalue weighted by Gasteiger charge is -2.27. The molecule has 0 spiro atoms. The first kappa shape index (κ1) is 18.4. The molecule has 0 radical (unpaired) electrons. The van der Waals surface area contributed by atoms with Gasteiger partial charge in [-0.1, -0.05) is 43.2 Å². The zero-order valence-electron chi connectivity index (χ0n) is 15.8. The number of carbonyl (C=O) groups is 1. The highest BCUT2D eigenvalue weighted by molar-refractivity contribution is 5.92. The molecule has 1 saturated heterocycles. The molecule has 0 bridgehead atoms. The Hall–Kier alpha value is -2.43. The van der Waals surface area contributed by atoms with Crippen LogP contribution in [0.1, 0.15) is 55.6 Å².